The van der Waals surface area contributed by atoms with Crippen molar-refractivity contribution in [3.63, 3.8) is 0 Å². The zero-order chi connectivity index (χ0) is 28.5. The number of hydrogen-bond acceptors (Lipinski definition) is 6. The Morgan fingerprint density at radius 1 is 0.925 bits per heavy atom. The number of aromatic amines is 1. The molecule has 10 nitrogen and oxygen atoms in total. The Balaban J connectivity index is 0.000000259. The third-order valence-corrected chi connectivity index (χ3v) is 6.48. The van der Waals surface area contributed by atoms with Gasteiger partial charge in [0.2, 0.25) is 0 Å². The first kappa shape index (κ1) is 28.1. The van der Waals surface area contributed by atoms with E-state index in [4.69, 9.17) is 15.6 Å². The summed E-state index contributed by atoms with van der Waals surface area (Å²) in [5.74, 6) is -2.10. The number of H-pyrrole nitrogens is 1. The average Bonchev–Trinajstić information content (AvgIpc) is 3.60. The number of ether oxygens (including phenoxy) is 1. The summed E-state index contributed by atoms with van der Waals surface area (Å²) in [5, 5.41) is 20.2. The van der Waals surface area contributed by atoms with Crippen LogP contribution in [0.15, 0.2) is 85.3 Å². The van der Waals surface area contributed by atoms with Crippen LogP contribution in [0.4, 0.5) is 4.79 Å². The molecule has 40 heavy (non-hydrogen) atoms. The second kappa shape index (κ2) is 13.2. The number of nitrogens with zero attached hydrogens (tertiary/aromatic N) is 1. The Morgan fingerprint density at radius 2 is 1.65 bits per heavy atom. The van der Waals surface area contributed by atoms with Crippen molar-refractivity contribution < 1.29 is 29.3 Å². The van der Waals surface area contributed by atoms with E-state index >= 15 is 0 Å². The maximum Gasteiger partial charge on any atom is 0.408 e. The number of aliphatic carboxylic acids is 2. The third-order valence-electron chi connectivity index (χ3n) is 6.48. The summed E-state index contributed by atoms with van der Waals surface area (Å²) < 4.78 is 5.31. The van der Waals surface area contributed by atoms with E-state index in [0.29, 0.717) is 12.1 Å². The average molecular weight is 543 g/mol. The first-order valence-corrected chi connectivity index (χ1v) is 12.7. The number of carbonyl (C=O) groups is 3. The van der Waals surface area contributed by atoms with Gasteiger partial charge in [0.05, 0.1) is 12.0 Å². The number of hydrogen-bond donors (Lipinski definition) is 5. The number of benzene rings is 3. The Bertz CT molecular complexity index is 1460. The molecule has 10 heteroatoms. The number of amides is 1. The van der Waals surface area contributed by atoms with E-state index in [-0.39, 0.29) is 13.0 Å². The summed E-state index contributed by atoms with van der Waals surface area (Å²) in [6, 6.07) is 21.6. The van der Waals surface area contributed by atoms with Gasteiger partial charge < -0.3 is 31.0 Å². The number of fused-ring (bicyclic) bond motifs is 3. The van der Waals surface area contributed by atoms with Gasteiger partial charge in [-0.1, -0.05) is 72.8 Å². The minimum Gasteiger partial charge on any atom is -0.480 e. The van der Waals surface area contributed by atoms with Gasteiger partial charge in [-0.3, -0.25) is 4.79 Å². The number of nitrogens with two attached hydrogens (primary N) is 1. The van der Waals surface area contributed by atoms with Crippen LogP contribution >= 0.6 is 0 Å². The lowest BCUT2D eigenvalue weighted by atomic mass is 10.0. The second-order valence-electron chi connectivity index (χ2n) is 9.29. The molecular formula is C30H30N4O6. The van der Waals surface area contributed by atoms with Gasteiger partial charge in [0.1, 0.15) is 18.7 Å². The Labute approximate surface area is 230 Å². The number of nitrogens with one attached hydrogen (secondary N) is 2. The minimum absolute atomic E-state index is 0.0734. The number of aromatic nitrogens is 2. The van der Waals surface area contributed by atoms with Gasteiger partial charge in [-0.15, -0.1) is 0 Å². The maximum atomic E-state index is 12.2. The number of carbonyl (C=O) groups excluding carboxylic acids is 1. The van der Waals surface area contributed by atoms with E-state index in [9.17, 15) is 19.5 Å². The highest BCUT2D eigenvalue weighted by Crippen LogP contribution is 2.38. The molecule has 1 heterocycles. The van der Waals surface area contributed by atoms with E-state index in [1.165, 1.54) is 17.5 Å². The standard InChI is InChI=1S/C21H19N3O4.C9H11NO2/c25-20(26)19(9-15-10-22-12-23-15)24-21(27)28-11-14-5-3-7-17-16-6-2-1-4-13(16)8-18(14)17;10-8(9(11)12)6-7-4-2-1-3-5-7/h1-7,10,12,19H,8-9,11H2,(H,22,23)(H,24,27)(H,25,26);1-5,8H,6,10H2,(H,11,12). The van der Waals surface area contributed by atoms with Crippen LogP contribution < -0.4 is 11.1 Å². The summed E-state index contributed by atoms with van der Waals surface area (Å²) in [7, 11) is 0. The zero-order valence-electron chi connectivity index (χ0n) is 21.6. The summed E-state index contributed by atoms with van der Waals surface area (Å²) in [6.07, 6.45) is 3.54. The van der Waals surface area contributed by atoms with Crippen molar-refractivity contribution in [2.75, 3.05) is 0 Å². The fourth-order valence-electron chi connectivity index (χ4n) is 4.45. The van der Waals surface area contributed by atoms with Gasteiger partial charge in [-0.2, -0.15) is 0 Å². The van der Waals surface area contributed by atoms with Crippen LogP contribution in [-0.4, -0.2) is 50.3 Å². The lowest BCUT2D eigenvalue weighted by Gasteiger charge is -2.14. The third kappa shape index (κ3) is 7.33. The largest absolute Gasteiger partial charge is 0.480 e. The molecule has 0 saturated heterocycles. The number of rotatable bonds is 9. The second-order valence-corrected chi connectivity index (χ2v) is 9.29. The molecule has 1 amide bonds. The quantitative estimate of drug-likeness (QED) is 0.188. The van der Waals surface area contributed by atoms with Crippen LogP contribution in [0.5, 0.6) is 0 Å². The lowest BCUT2D eigenvalue weighted by molar-refractivity contribution is -0.139. The van der Waals surface area contributed by atoms with E-state index in [0.717, 1.165) is 28.7 Å². The van der Waals surface area contributed by atoms with Crippen molar-refractivity contribution in [1.82, 2.24) is 15.3 Å². The van der Waals surface area contributed by atoms with Crippen molar-refractivity contribution in [1.29, 1.82) is 0 Å². The maximum absolute atomic E-state index is 12.2. The molecule has 206 valence electrons. The van der Waals surface area contributed by atoms with E-state index in [1.807, 2.05) is 54.6 Å². The molecule has 0 spiro atoms. The molecule has 0 radical (unpaired) electrons. The molecule has 1 aromatic heterocycles. The number of alkyl carbamates (subject to hydrolysis) is 1. The van der Waals surface area contributed by atoms with Gasteiger partial charge in [0.15, 0.2) is 0 Å². The summed E-state index contributed by atoms with van der Waals surface area (Å²) in [4.78, 5) is 40.7. The van der Waals surface area contributed by atoms with Crippen molar-refractivity contribution >= 4 is 18.0 Å². The highest BCUT2D eigenvalue weighted by molar-refractivity contribution is 5.80. The molecule has 2 atom stereocenters. The molecular weight excluding hydrogens is 512 g/mol. The molecule has 2 unspecified atom stereocenters. The van der Waals surface area contributed by atoms with Gasteiger partial charge in [-0.05, 0) is 46.2 Å². The number of carboxylic acids is 2. The SMILES string of the molecule is NC(Cc1ccccc1)C(=O)O.O=C(NC(Cc1c[nH]cn1)C(=O)O)OCc1cccc2c1Cc1ccccc1-2. The molecule has 0 aliphatic heterocycles. The minimum atomic E-state index is -1.14. The first-order chi connectivity index (χ1) is 19.3. The fraction of sp³-hybridized carbons (Fsp3) is 0.200. The molecule has 0 fully saturated rings. The predicted molar refractivity (Wildman–Crippen MR) is 147 cm³/mol. The molecule has 3 aromatic carbocycles. The molecule has 0 saturated carbocycles. The van der Waals surface area contributed by atoms with Gasteiger partial charge in [0.25, 0.3) is 0 Å². The Kier molecular flexibility index (Phi) is 9.27. The Hall–Kier alpha value is -4.96. The fourth-order valence-corrected chi connectivity index (χ4v) is 4.45. The van der Waals surface area contributed by atoms with Gasteiger partial charge in [0, 0.05) is 12.6 Å². The summed E-state index contributed by atoms with van der Waals surface area (Å²) >= 11 is 0. The molecule has 1 aliphatic carbocycles. The lowest BCUT2D eigenvalue weighted by Crippen LogP contribution is -2.42. The van der Waals surface area contributed by atoms with Crippen LogP contribution in [0.25, 0.3) is 11.1 Å². The van der Waals surface area contributed by atoms with Crippen molar-refractivity contribution in [2.24, 2.45) is 5.73 Å². The monoisotopic (exact) mass is 542 g/mol. The highest BCUT2D eigenvalue weighted by Gasteiger charge is 2.24. The molecule has 4 aromatic rings. The van der Waals surface area contributed by atoms with Crippen molar-refractivity contribution in [3.8, 4) is 11.1 Å². The molecule has 0 bridgehead atoms. The molecule has 5 rings (SSSR count). The molecule has 1 aliphatic rings. The van der Waals surface area contributed by atoms with Crippen LogP contribution in [0.1, 0.15) is 27.9 Å². The van der Waals surface area contributed by atoms with E-state index in [2.05, 4.69) is 33.5 Å². The van der Waals surface area contributed by atoms with Crippen LogP contribution in [0.2, 0.25) is 0 Å². The molecule has 6 N–H and O–H groups in total. The van der Waals surface area contributed by atoms with Crippen LogP contribution in [0, 0.1) is 0 Å². The van der Waals surface area contributed by atoms with Gasteiger partial charge >= 0.3 is 18.0 Å². The van der Waals surface area contributed by atoms with Crippen molar-refractivity contribution in [3.05, 3.63) is 113 Å². The number of carboxylic acid groups (broad SMARTS) is 2. The van der Waals surface area contributed by atoms with Crippen LogP contribution in [-0.2, 0) is 40.2 Å². The smallest absolute Gasteiger partial charge is 0.408 e. The van der Waals surface area contributed by atoms with E-state index in [1.54, 1.807) is 6.20 Å². The zero-order valence-corrected chi connectivity index (χ0v) is 21.6. The van der Waals surface area contributed by atoms with Gasteiger partial charge in [-0.25, -0.2) is 14.6 Å². The first-order valence-electron chi connectivity index (χ1n) is 12.7. The summed E-state index contributed by atoms with van der Waals surface area (Å²) in [6.45, 7) is 0.0811. The highest BCUT2D eigenvalue weighted by atomic mass is 16.5. The van der Waals surface area contributed by atoms with Crippen LogP contribution in [0.3, 0.4) is 0 Å². The summed E-state index contributed by atoms with van der Waals surface area (Å²) in [5.41, 5.74) is 12.5. The Morgan fingerprint density at radius 3 is 2.35 bits per heavy atom. The number of imidazole rings is 1. The topological polar surface area (TPSA) is 168 Å². The predicted octanol–water partition coefficient (Wildman–Crippen LogP) is 3.54. The normalized spacial score (nSPS) is 12.6. The van der Waals surface area contributed by atoms with Crippen molar-refractivity contribution in [2.45, 2.75) is 38.0 Å². The van der Waals surface area contributed by atoms with E-state index < -0.39 is 30.1 Å².